The summed E-state index contributed by atoms with van der Waals surface area (Å²) in [4.78, 5) is 16.2. The van der Waals surface area contributed by atoms with Crippen LogP contribution in [0.5, 0.6) is 0 Å². The standard InChI is InChI=1S/C16H12ClNO3/c17-14-12-6-5-10-3-1-2-4-11(10)15(12)18-9-13(14)16(20)21-8-7-19/h1-6,9,19H,7-8H2. The van der Waals surface area contributed by atoms with Crippen LogP contribution in [0.2, 0.25) is 5.02 Å². The van der Waals surface area contributed by atoms with Gasteiger partial charge in [-0.2, -0.15) is 0 Å². The summed E-state index contributed by atoms with van der Waals surface area (Å²) in [5, 5.41) is 11.8. The number of fused-ring (bicyclic) bond motifs is 3. The maximum atomic E-state index is 11.9. The molecule has 1 aromatic heterocycles. The van der Waals surface area contributed by atoms with Gasteiger partial charge in [0.25, 0.3) is 0 Å². The van der Waals surface area contributed by atoms with E-state index < -0.39 is 5.97 Å². The van der Waals surface area contributed by atoms with Crippen molar-refractivity contribution in [1.82, 2.24) is 4.98 Å². The molecule has 0 saturated carbocycles. The summed E-state index contributed by atoms with van der Waals surface area (Å²) in [6, 6.07) is 11.6. The van der Waals surface area contributed by atoms with E-state index in [4.69, 9.17) is 21.4 Å². The van der Waals surface area contributed by atoms with Crippen LogP contribution in [-0.4, -0.2) is 29.3 Å². The van der Waals surface area contributed by atoms with Gasteiger partial charge in [0.1, 0.15) is 6.61 Å². The number of hydrogen-bond donors (Lipinski definition) is 1. The minimum absolute atomic E-state index is 0.0646. The largest absolute Gasteiger partial charge is 0.460 e. The minimum Gasteiger partial charge on any atom is -0.460 e. The normalized spacial score (nSPS) is 11.0. The molecule has 0 aliphatic heterocycles. The van der Waals surface area contributed by atoms with Crippen molar-refractivity contribution in [2.75, 3.05) is 13.2 Å². The molecular weight excluding hydrogens is 290 g/mol. The Labute approximate surface area is 125 Å². The Kier molecular flexibility index (Phi) is 3.73. The van der Waals surface area contributed by atoms with Crippen LogP contribution >= 0.6 is 11.6 Å². The lowest BCUT2D eigenvalue weighted by atomic mass is 10.1. The molecule has 0 bridgehead atoms. The zero-order chi connectivity index (χ0) is 14.8. The fourth-order valence-corrected chi connectivity index (χ4v) is 2.54. The third kappa shape index (κ3) is 2.44. The molecule has 0 fully saturated rings. The van der Waals surface area contributed by atoms with E-state index in [1.165, 1.54) is 6.20 Å². The summed E-state index contributed by atoms with van der Waals surface area (Å²) in [5.41, 5.74) is 0.949. The number of hydrogen-bond acceptors (Lipinski definition) is 4. The highest BCUT2D eigenvalue weighted by Crippen LogP contribution is 2.31. The molecule has 106 valence electrons. The molecule has 1 heterocycles. The Morgan fingerprint density at radius 3 is 2.81 bits per heavy atom. The molecule has 2 aromatic carbocycles. The molecule has 0 saturated heterocycles. The number of halogens is 1. The first-order valence-corrected chi connectivity index (χ1v) is 6.84. The van der Waals surface area contributed by atoms with Crippen molar-refractivity contribution >= 4 is 39.2 Å². The number of aliphatic hydroxyl groups is 1. The number of nitrogens with zero attached hydrogens (tertiary/aromatic N) is 1. The zero-order valence-corrected chi connectivity index (χ0v) is 11.8. The predicted molar refractivity (Wildman–Crippen MR) is 81.6 cm³/mol. The van der Waals surface area contributed by atoms with Crippen molar-refractivity contribution in [3.63, 3.8) is 0 Å². The number of carbonyl (C=O) groups is 1. The van der Waals surface area contributed by atoms with Crippen LogP contribution in [0.25, 0.3) is 21.7 Å². The summed E-state index contributed by atoms with van der Waals surface area (Å²) >= 11 is 6.31. The van der Waals surface area contributed by atoms with Crippen LogP contribution in [0.1, 0.15) is 10.4 Å². The SMILES string of the molecule is O=C(OCCO)c1cnc2c(ccc3ccccc32)c1Cl. The van der Waals surface area contributed by atoms with Crippen molar-refractivity contribution in [3.05, 3.63) is 53.2 Å². The highest BCUT2D eigenvalue weighted by Gasteiger charge is 2.16. The van der Waals surface area contributed by atoms with E-state index in [1.807, 2.05) is 36.4 Å². The first kappa shape index (κ1) is 13.8. The fraction of sp³-hybridized carbons (Fsp3) is 0.125. The fourth-order valence-electron chi connectivity index (χ4n) is 2.26. The molecule has 0 aliphatic carbocycles. The smallest absolute Gasteiger partial charge is 0.341 e. The quantitative estimate of drug-likeness (QED) is 0.596. The number of benzene rings is 2. The van der Waals surface area contributed by atoms with Crippen molar-refractivity contribution < 1.29 is 14.6 Å². The van der Waals surface area contributed by atoms with E-state index in [0.29, 0.717) is 10.4 Å². The molecule has 0 radical (unpaired) electrons. The summed E-state index contributed by atoms with van der Waals surface area (Å²) < 4.78 is 4.88. The number of pyridine rings is 1. The Bertz CT molecular complexity index is 832. The van der Waals surface area contributed by atoms with Crippen LogP contribution < -0.4 is 0 Å². The summed E-state index contributed by atoms with van der Waals surface area (Å²) in [6.45, 7) is -0.292. The van der Waals surface area contributed by atoms with Crippen LogP contribution in [0, 0.1) is 0 Å². The zero-order valence-electron chi connectivity index (χ0n) is 11.0. The molecule has 0 aliphatic rings. The van der Waals surface area contributed by atoms with E-state index in [9.17, 15) is 4.79 Å². The molecule has 0 atom stereocenters. The van der Waals surface area contributed by atoms with Crippen LogP contribution in [0.15, 0.2) is 42.6 Å². The van der Waals surface area contributed by atoms with Crippen molar-refractivity contribution in [1.29, 1.82) is 0 Å². The van der Waals surface area contributed by atoms with Gasteiger partial charge in [0, 0.05) is 17.0 Å². The molecule has 0 unspecified atom stereocenters. The Balaban J connectivity index is 2.17. The van der Waals surface area contributed by atoms with E-state index in [-0.39, 0.29) is 18.8 Å². The molecule has 0 amide bonds. The summed E-state index contributed by atoms with van der Waals surface area (Å²) in [7, 11) is 0. The highest BCUT2D eigenvalue weighted by molar-refractivity contribution is 6.39. The second-order valence-corrected chi connectivity index (χ2v) is 4.91. The van der Waals surface area contributed by atoms with Gasteiger partial charge in [0.05, 0.1) is 22.7 Å². The van der Waals surface area contributed by atoms with Gasteiger partial charge in [-0.25, -0.2) is 4.79 Å². The summed E-state index contributed by atoms with van der Waals surface area (Å²) in [5.74, 6) is -0.586. The van der Waals surface area contributed by atoms with Crippen molar-refractivity contribution in [2.45, 2.75) is 0 Å². The minimum atomic E-state index is -0.586. The third-order valence-corrected chi connectivity index (χ3v) is 3.65. The summed E-state index contributed by atoms with van der Waals surface area (Å²) in [6.07, 6.45) is 1.41. The van der Waals surface area contributed by atoms with Gasteiger partial charge >= 0.3 is 5.97 Å². The van der Waals surface area contributed by atoms with E-state index >= 15 is 0 Å². The lowest BCUT2D eigenvalue weighted by Crippen LogP contribution is -2.10. The topological polar surface area (TPSA) is 59.4 Å². The maximum Gasteiger partial charge on any atom is 0.341 e. The van der Waals surface area contributed by atoms with Gasteiger partial charge < -0.3 is 9.84 Å². The first-order chi connectivity index (χ1) is 10.2. The maximum absolute atomic E-state index is 11.9. The monoisotopic (exact) mass is 301 g/mol. The van der Waals surface area contributed by atoms with E-state index in [0.717, 1.165) is 16.3 Å². The molecule has 21 heavy (non-hydrogen) atoms. The number of carbonyl (C=O) groups excluding carboxylic acids is 1. The highest BCUT2D eigenvalue weighted by atomic mass is 35.5. The lowest BCUT2D eigenvalue weighted by molar-refractivity contribution is 0.0433. The third-order valence-electron chi connectivity index (χ3n) is 3.24. The average molecular weight is 302 g/mol. The van der Waals surface area contributed by atoms with E-state index in [2.05, 4.69) is 4.98 Å². The molecule has 3 aromatic rings. The van der Waals surface area contributed by atoms with Crippen molar-refractivity contribution in [2.24, 2.45) is 0 Å². The average Bonchev–Trinajstić information content (AvgIpc) is 2.52. The number of rotatable bonds is 3. The molecule has 4 nitrogen and oxygen atoms in total. The van der Waals surface area contributed by atoms with Crippen LogP contribution in [-0.2, 0) is 4.74 Å². The van der Waals surface area contributed by atoms with Crippen LogP contribution in [0.4, 0.5) is 0 Å². The molecular formula is C16H12ClNO3. The van der Waals surface area contributed by atoms with Gasteiger partial charge in [-0.05, 0) is 5.39 Å². The Hall–Kier alpha value is -2.17. The molecule has 3 rings (SSSR count). The molecule has 5 heteroatoms. The number of esters is 1. The second-order valence-electron chi connectivity index (χ2n) is 4.53. The number of ether oxygens (including phenoxy) is 1. The van der Waals surface area contributed by atoms with E-state index in [1.54, 1.807) is 0 Å². The van der Waals surface area contributed by atoms with Gasteiger partial charge in [-0.1, -0.05) is 48.0 Å². The Morgan fingerprint density at radius 2 is 2.00 bits per heavy atom. The lowest BCUT2D eigenvalue weighted by Gasteiger charge is -2.09. The number of aromatic nitrogens is 1. The van der Waals surface area contributed by atoms with Gasteiger partial charge in [0.2, 0.25) is 0 Å². The Morgan fingerprint density at radius 1 is 1.19 bits per heavy atom. The molecule has 0 spiro atoms. The van der Waals surface area contributed by atoms with Gasteiger partial charge in [0.15, 0.2) is 0 Å². The predicted octanol–water partition coefficient (Wildman–Crippen LogP) is 3.19. The number of aliphatic hydroxyl groups excluding tert-OH is 1. The van der Waals surface area contributed by atoms with Crippen LogP contribution in [0.3, 0.4) is 0 Å². The van der Waals surface area contributed by atoms with Crippen molar-refractivity contribution in [3.8, 4) is 0 Å². The second kappa shape index (κ2) is 5.68. The molecule has 1 N–H and O–H groups in total. The van der Waals surface area contributed by atoms with Gasteiger partial charge in [-0.3, -0.25) is 4.98 Å². The van der Waals surface area contributed by atoms with Gasteiger partial charge in [-0.15, -0.1) is 0 Å². The first-order valence-electron chi connectivity index (χ1n) is 6.46.